The molecule has 55 valence electrons. The Labute approximate surface area is 54.9 Å². The molecule has 0 rings (SSSR count). The Morgan fingerprint density at radius 3 is 2.22 bits per heavy atom. The van der Waals surface area contributed by atoms with Crippen molar-refractivity contribution in [2.45, 2.75) is 19.3 Å². The van der Waals surface area contributed by atoms with Crippen LogP contribution in [0.25, 0.3) is 0 Å². The van der Waals surface area contributed by atoms with Crippen LogP contribution in [-0.2, 0) is 0 Å². The molecule has 3 N–H and O–H groups in total. The van der Waals surface area contributed by atoms with E-state index in [0.29, 0.717) is 12.8 Å². The molecule has 0 aromatic heterocycles. The average molecular weight is 133 g/mol. The number of rotatable bonds is 5. The van der Waals surface area contributed by atoms with Gasteiger partial charge in [0.25, 0.3) is 0 Å². The molecule has 0 aromatic rings. The van der Waals surface area contributed by atoms with Crippen LogP contribution >= 0.6 is 0 Å². The molecule has 0 aliphatic carbocycles. The zero-order valence-corrected chi connectivity index (χ0v) is 5.38. The largest absolute Gasteiger partial charge is 0.396 e. The van der Waals surface area contributed by atoms with Gasteiger partial charge >= 0.3 is 0 Å². The molecule has 0 amide bonds. The van der Waals surface area contributed by atoms with E-state index in [1.165, 1.54) is 0 Å². The van der Waals surface area contributed by atoms with Gasteiger partial charge in [0.1, 0.15) is 6.10 Å². The van der Waals surface area contributed by atoms with Crippen LogP contribution in [0.5, 0.6) is 0 Å². The Kier molecular flexibility index (Phi) is 5.93. The minimum atomic E-state index is -0.259. The first kappa shape index (κ1) is 8.88. The lowest BCUT2D eigenvalue weighted by molar-refractivity contribution is 0.172. The van der Waals surface area contributed by atoms with Crippen molar-refractivity contribution >= 4 is 0 Å². The quantitative estimate of drug-likeness (QED) is 0.464. The van der Waals surface area contributed by atoms with Crippen molar-refractivity contribution in [3.8, 4) is 0 Å². The van der Waals surface area contributed by atoms with E-state index in [0.717, 1.165) is 6.42 Å². The van der Waals surface area contributed by atoms with E-state index in [-0.39, 0.29) is 19.3 Å². The number of hydrogen-bond donors (Lipinski definition) is 3. The fourth-order valence-corrected chi connectivity index (χ4v) is 0.520. The summed E-state index contributed by atoms with van der Waals surface area (Å²) in [6.07, 6.45) is 2.02. The first-order chi connectivity index (χ1) is 4.31. The zero-order chi connectivity index (χ0) is 7.11. The molecule has 1 radical (unpaired) electrons. The first-order valence-electron chi connectivity index (χ1n) is 3.06. The fraction of sp³-hybridized carbons (Fsp3) is 0.833. The molecule has 3 nitrogen and oxygen atoms in total. The van der Waals surface area contributed by atoms with Crippen LogP contribution in [0, 0.1) is 6.10 Å². The highest BCUT2D eigenvalue weighted by atomic mass is 16.3. The topological polar surface area (TPSA) is 60.7 Å². The summed E-state index contributed by atoms with van der Waals surface area (Å²) in [5.41, 5.74) is 0. The molecular formula is C6H13O3. The van der Waals surface area contributed by atoms with Gasteiger partial charge in [-0.3, -0.25) is 0 Å². The summed E-state index contributed by atoms with van der Waals surface area (Å²) in [4.78, 5) is 0. The van der Waals surface area contributed by atoms with Gasteiger partial charge in [-0.25, -0.2) is 0 Å². The van der Waals surface area contributed by atoms with Crippen LogP contribution in [0.1, 0.15) is 19.3 Å². The smallest absolute Gasteiger partial charge is 0.118 e. The maximum Gasteiger partial charge on any atom is 0.118 e. The van der Waals surface area contributed by atoms with Crippen LogP contribution in [-0.4, -0.2) is 28.5 Å². The van der Waals surface area contributed by atoms with Gasteiger partial charge in [0.15, 0.2) is 0 Å². The van der Waals surface area contributed by atoms with E-state index in [2.05, 4.69) is 0 Å². The third-order valence-corrected chi connectivity index (χ3v) is 1.06. The van der Waals surface area contributed by atoms with Gasteiger partial charge in [-0.15, -0.1) is 0 Å². The monoisotopic (exact) mass is 133 g/mol. The van der Waals surface area contributed by atoms with Crippen LogP contribution in [0.15, 0.2) is 0 Å². The Hall–Kier alpha value is -0.120. The van der Waals surface area contributed by atoms with Crippen molar-refractivity contribution in [3.63, 3.8) is 0 Å². The van der Waals surface area contributed by atoms with E-state index in [4.69, 9.17) is 15.3 Å². The standard InChI is InChI=1S/C6H13O3/c7-4-2-1-3-6(9)5-8/h7-9H,1-5H2. The highest BCUT2D eigenvalue weighted by Crippen LogP contribution is 2.04. The third kappa shape index (κ3) is 5.76. The van der Waals surface area contributed by atoms with Crippen molar-refractivity contribution in [1.82, 2.24) is 0 Å². The SMILES string of the molecule is OCCCC[C](O)CO. The summed E-state index contributed by atoms with van der Waals surface area (Å²) in [6, 6.07) is 0. The first-order valence-corrected chi connectivity index (χ1v) is 3.06. The normalized spacial score (nSPS) is 10.7. The Morgan fingerprint density at radius 2 is 1.78 bits per heavy atom. The molecule has 0 fully saturated rings. The van der Waals surface area contributed by atoms with E-state index < -0.39 is 0 Å². The van der Waals surface area contributed by atoms with Crippen LogP contribution < -0.4 is 0 Å². The van der Waals surface area contributed by atoms with E-state index in [1.807, 2.05) is 0 Å². The van der Waals surface area contributed by atoms with Gasteiger partial charge in [0.2, 0.25) is 0 Å². The maximum atomic E-state index is 8.67. The molecule has 0 heterocycles. The number of hydrogen-bond acceptors (Lipinski definition) is 3. The summed E-state index contributed by atoms with van der Waals surface area (Å²) in [6.45, 7) is -0.107. The van der Waals surface area contributed by atoms with Crippen molar-refractivity contribution in [2.24, 2.45) is 0 Å². The Balaban J connectivity index is 2.88. The lowest BCUT2D eigenvalue weighted by atomic mass is 10.2. The zero-order valence-electron chi connectivity index (χ0n) is 5.38. The third-order valence-electron chi connectivity index (χ3n) is 1.06. The molecule has 9 heavy (non-hydrogen) atoms. The molecule has 0 saturated heterocycles. The number of aliphatic hydroxyl groups excluding tert-OH is 3. The van der Waals surface area contributed by atoms with Gasteiger partial charge in [-0.05, 0) is 19.3 Å². The van der Waals surface area contributed by atoms with Gasteiger partial charge in [0.05, 0.1) is 6.61 Å². The molecule has 0 unspecified atom stereocenters. The summed E-state index contributed by atoms with van der Waals surface area (Å²) < 4.78 is 0. The van der Waals surface area contributed by atoms with Gasteiger partial charge in [-0.2, -0.15) is 0 Å². The number of aliphatic hydroxyl groups is 3. The lowest BCUT2D eigenvalue weighted by Crippen LogP contribution is -2.01. The summed E-state index contributed by atoms with van der Waals surface area (Å²) in [7, 11) is 0. The summed E-state index contributed by atoms with van der Waals surface area (Å²) in [5, 5.41) is 25.3. The van der Waals surface area contributed by atoms with E-state index >= 15 is 0 Å². The van der Waals surface area contributed by atoms with Gasteiger partial charge in [0, 0.05) is 6.61 Å². The molecule has 0 spiro atoms. The maximum absolute atomic E-state index is 8.67. The highest BCUT2D eigenvalue weighted by Gasteiger charge is 2.00. The second kappa shape index (κ2) is 6.01. The molecule has 0 atom stereocenters. The Bertz CT molecular complexity index is 56.3. The molecule has 0 bridgehead atoms. The molecule has 0 aromatic carbocycles. The van der Waals surface area contributed by atoms with E-state index in [1.54, 1.807) is 0 Å². The second-order valence-electron chi connectivity index (χ2n) is 1.91. The highest BCUT2D eigenvalue weighted by molar-refractivity contribution is 4.72. The lowest BCUT2D eigenvalue weighted by Gasteiger charge is -2.02. The second-order valence-corrected chi connectivity index (χ2v) is 1.91. The van der Waals surface area contributed by atoms with Gasteiger partial charge in [-0.1, -0.05) is 0 Å². The van der Waals surface area contributed by atoms with Crippen molar-refractivity contribution < 1.29 is 15.3 Å². The molecule has 3 heteroatoms. The molecule has 0 aliphatic rings. The van der Waals surface area contributed by atoms with Crippen LogP contribution in [0.4, 0.5) is 0 Å². The predicted octanol–water partition coefficient (Wildman–Crippen LogP) is 0.0458. The van der Waals surface area contributed by atoms with Crippen LogP contribution in [0.3, 0.4) is 0 Å². The minimum absolute atomic E-state index is 0.100. The van der Waals surface area contributed by atoms with E-state index in [9.17, 15) is 0 Å². The van der Waals surface area contributed by atoms with Gasteiger partial charge < -0.3 is 15.3 Å². The van der Waals surface area contributed by atoms with Crippen molar-refractivity contribution in [1.29, 1.82) is 0 Å². The van der Waals surface area contributed by atoms with Crippen molar-refractivity contribution in [2.75, 3.05) is 13.2 Å². The van der Waals surface area contributed by atoms with Crippen molar-refractivity contribution in [3.05, 3.63) is 6.10 Å². The summed E-state index contributed by atoms with van der Waals surface area (Å²) in [5.74, 6) is 0. The fourth-order valence-electron chi connectivity index (χ4n) is 0.520. The average Bonchev–Trinajstić information content (AvgIpc) is 1.89. The Morgan fingerprint density at radius 1 is 1.11 bits per heavy atom. The van der Waals surface area contributed by atoms with Crippen LogP contribution in [0.2, 0.25) is 0 Å². The molecule has 0 saturated carbocycles. The number of unbranched alkanes of at least 4 members (excludes halogenated alkanes) is 1. The predicted molar refractivity (Wildman–Crippen MR) is 33.2 cm³/mol. The summed E-state index contributed by atoms with van der Waals surface area (Å²) >= 11 is 0. The molecule has 0 aliphatic heterocycles. The minimum Gasteiger partial charge on any atom is -0.396 e. The molecular weight excluding hydrogens is 120 g/mol.